The number of benzene rings is 1. The Bertz CT molecular complexity index is 613. The molecular formula is C21H35F2IN4O. The van der Waals surface area contributed by atoms with E-state index in [0.717, 1.165) is 31.2 Å². The molecule has 5 nitrogen and oxygen atoms in total. The van der Waals surface area contributed by atoms with Gasteiger partial charge in [0.15, 0.2) is 5.96 Å². The van der Waals surface area contributed by atoms with Gasteiger partial charge in [0.2, 0.25) is 0 Å². The van der Waals surface area contributed by atoms with E-state index in [0.29, 0.717) is 18.4 Å². The average Bonchev–Trinajstić information content (AvgIpc) is 2.63. The fraction of sp³-hybridized carbons (Fsp3) is 0.667. The summed E-state index contributed by atoms with van der Waals surface area (Å²) in [6.07, 6.45) is 2.49. The van der Waals surface area contributed by atoms with Crippen LogP contribution in [-0.2, 0) is 6.54 Å². The van der Waals surface area contributed by atoms with Gasteiger partial charge in [0.05, 0.1) is 0 Å². The van der Waals surface area contributed by atoms with Crippen LogP contribution in [0.15, 0.2) is 29.3 Å². The zero-order chi connectivity index (χ0) is 20.5. The standard InChI is InChI=1S/C21H34F2N4O.HI/c1-16(2)13-27-11-5-6-18(15-27)12-25-21(24-3)26(4)14-17-7-9-19(10-8-17)28-20(22)23;/h7-10,16,18,20H,5-6,11-15H2,1-4H3,(H,24,25);1H. The molecule has 0 aromatic heterocycles. The summed E-state index contributed by atoms with van der Waals surface area (Å²) in [7, 11) is 3.76. The van der Waals surface area contributed by atoms with Crippen molar-refractivity contribution in [2.24, 2.45) is 16.8 Å². The Hall–Kier alpha value is -1.16. The largest absolute Gasteiger partial charge is 0.435 e. The minimum absolute atomic E-state index is 0. The average molecular weight is 524 g/mol. The molecule has 1 heterocycles. The molecule has 1 N–H and O–H groups in total. The molecule has 1 aliphatic heterocycles. The Morgan fingerprint density at radius 2 is 2.00 bits per heavy atom. The maximum atomic E-state index is 12.2. The Balaban J connectivity index is 0.00000420. The van der Waals surface area contributed by atoms with E-state index in [1.165, 1.54) is 19.4 Å². The lowest BCUT2D eigenvalue weighted by Gasteiger charge is -2.34. The predicted octanol–water partition coefficient (Wildman–Crippen LogP) is 4.28. The second-order valence-corrected chi connectivity index (χ2v) is 7.97. The van der Waals surface area contributed by atoms with Crippen LogP contribution in [0.25, 0.3) is 0 Å². The quantitative estimate of drug-likeness (QED) is 0.313. The molecule has 1 fully saturated rings. The van der Waals surface area contributed by atoms with E-state index >= 15 is 0 Å². The van der Waals surface area contributed by atoms with Gasteiger partial charge in [-0.1, -0.05) is 26.0 Å². The molecule has 29 heavy (non-hydrogen) atoms. The number of piperidine rings is 1. The molecule has 0 spiro atoms. The summed E-state index contributed by atoms with van der Waals surface area (Å²) in [5.74, 6) is 2.34. The van der Waals surface area contributed by atoms with E-state index < -0.39 is 6.61 Å². The molecule has 1 aromatic rings. The molecule has 0 saturated carbocycles. The number of hydrogen-bond donors (Lipinski definition) is 1. The highest BCUT2D eigenvalue weighted by Crippen LogP contribution is 2.18. The monoisotopic (exact) mass is 524 g/mol. The van der Waals surface area contributed by atoms with Crippen molar-refractivity contribution in [3.8, 4) is 5.75 Å². The predicted molar refractivity (Wildman–Crippen MR) is 125 cm³/mol. The zero-order valence-electron chi connectivity index (χ0n) is 17.9. The summed E-state index contributed by atoms with van der Waals surface area (Å²) < 4.78 is 28.9. The molecule has 0 bridgehead atoms. The van der Waals surface area contributed by atoms with E-state index in [4.69, 9.17) is 0 Å². The summed E-state index contributed by atoms with van der Waals surface area (Å²) in [6, 6.07) is 6.73. The lowest BCUT2D eigenvalue weighted by atomic mass is 9.97. The summed E-state index contributed by atoms with van der Waals surface area (Å²) in [5, 5.41) is 3.50. The van der Waals surface area contributed by atoms with E-state index in [9.17, 15) is 8.78 Å². The number of aliphatic imine (C=N–C) groups is 1. The van der Waals surface area contributed by atoms with Crippen LogP contribution in [0.3, 0.4) is 0 Å². The van der Waals surface area contributed by atoms with Crippen molar-refractivity contribution in [2.45, 2.75) is 39.8 Å². The molecule has 1 saturated heterocycles. The van der Waals surface area contributed by atoms with Crippen molar-refractivity contribution < 1.29 is 13.5 Å². The second kappa shape index (κ2) is 13.2. The van der Waals surface area contributed by atoms with Gasteiger partial charge in [-0.25, -0.2) is 0 Å². The first-order chi connectivity index (χ1) is 13.4. The fourth-order valence-corrected chi connectivity index (χ4v) is 3.75. The molecule has 1 atom stereocenters. The van der Waals surface area contributed by atoms with Gasteiger partial charge < -0.3 is 19.9 Å². The van der Waals surface area contributed by atoms with Crippen LogP contribution < -0.4 is 10.1 Å². The molecule has 2 rings (SSSR count). The number of nitrogens with zero attached hydrogens (tertiary/aromatic N) is 3. The number of rotatable bonds is 8. The SMILES string of the molecule is CN=C(NCC1CCCN(CC(C)C)C1)N(C)Cc1ccc(OC(F)F)cc1.I. The highest BCUT2D eigenvalue weighted by atomic mass is 127. The number of likely N-dealkylation sites (tertiary alicyclic amines) is 1. The Labute approximate surface area is 190 Å². The van der Waals surface area contributed by atoms with Crippen LogP contribution in [0.1, 0.15) is 32.3 Å². The van der Waals surface area contributed by atoms with E-state index in [1.807, 2.05) is 11.9 Å². The molecule has 1 aromatic carbocycles. The topological polar surface area (TPSA) is 40.1 Å². The molecule has 1 aliphatic rings. The molecule has 1 unspecified atom stereocenters. The summed E-state index contributed by atoms with van der Waals surface area (Å²) in [5.41, 5.74) is 1.01. The van der Waals surface area contributed by atoms with Crippen molar-refractivity contribution in [1.29, 1.82) is 0 Å². The number of guanidine groups is 1. The van der Waals surface area contributed by atoms with Crippen molar-refractivity contribution in [3.05, 3.63) is 29.8 Å². The van der Waals surface area contributed by atoms with Crippen LogP contribution in [0.4, 0.5) is 8.78 Å². The lowest BCUT2D eigenvalue weighted by Crippen LogP contribution is -2.45. The number of hydrogen-bond acceptors (Lipinski definition) is 3. The van der Waals surface area contributed by atoms with Gasteiger partial charge in [0.25, 0.3) is 0 Å². The van der Waals surface area contributed by atoms with Crippen molar-refractivity contribution in [3.63, 3.8) is 0 Å². The molecule has 166 valence electrons. The minimum Gasteiger partial charge on any atom is -0.435 e. The van der Waals surface area contributed by atoms with Crippen LogP contribution in [0.5, 0.6) is 5.75 Å². The van der Waals surface area contributed by atoms with E-state index in [1.54, 1.807) is 31.3 Å². The fourth-order valence-electron chi connectivity index (χ4n) is 3.75. The molecule has 0 aliphatic carbocycles. The molecule has 0 radical (unpaired) electrons. The summed E-state index contributed by atoms with van der Waals surface area (Å²) >= 11 is 0. The third-order valence-electron chi connectivity index (χ3n) is 4.92. The first-order valence-electron chi connectivity index (χ1n) is 10.0. The first-order valence-corrected chi connectivity index (χ1v) is 10.0. The van der Waals surface area contributed by atoms with Gasteiger partial charge in [-0.3, -0.25) is 4.99 Å². The van der Waals surface area contributed by atoms with Crippen molar-refractivity contribution >= 4 is 29.9 Å². The van der Waals surface area contributed by atoms with Gasteiger partial charge in [-0.05, 0) is 48.9 Å². The maximum absolute atomic E-state index is 12.2. The third-order valence-corrected chi connectivity index (χ3v) is 4.92. The number of alkyl halides is 2. The van der Waals surface area contributed by atoms with Crippen LogP contribution in [0.2, 0.25) is 0 Å². The van der Waals surface area contributed by atoms with Crippen molar-refractivity contribution in [2.75, 3.05) is 40.3 Å². The summed E-state index contributed by atoms with van der Waals surface area (Å²) in [4.78, 5) is 8.99. The second-order valence-electron chi connectivity index (χ2n) is 7.97. The zero-order valence-corrected chi connectivity index (χ0v) is 20.2. The minimum atomic E-state index is -2.80. The Morgan fingerprint density at radius 3 is 2.59 bits per heavy atom. The molecular weight excluding hydrogens is 489 g/mol. The highest BCUT2D eigenvalue weighted by molar-refractivity contribution is 14.0. The Morgan fingerprint density at radius 1 is 1.31 bits per heavy atom. The van der Waals surface area contributed by atoms with Crippen molar-refractivity contribution in [1.82, 2.24) is 15.1 Å². The summed E-state index contributed by atoms with van der Waals surface area (Å²) in [6.45, 7) is 6.79. The first kappa shape index (κ1) is 25.9. The van der Waals surface area contributed by atoms with Gasteiger partial charge in [0.1, 0.15) is 5.75 Å². The van der Waals surface area contributed by atoms with Gasteiger partial charge >= 0.3 is 6.61 Å². The number of halogens is 3. The normalized spacial score (nSPS) is 17.9. The molecule has 8 heteroatoms. The van der Waals surface area contributed by atoms with Crippen LogP contribution in [0, 0.1) is 11.8 Å². The van der Waals surface area contributed by atoms with E-state index in [-0.39, 0.29) is 29.7 Å². The smallest absolute Gasteiger partial charge is 0.387 e. The highest BCUT2D eigenvalue weighted by Gasteiger charge is 2.21. The van der Waals surface area contributed by atoms with Crippen LogP contribution in [-0.4, -0.2) is 62.6 Å². The lowest BCUT2D eigenvalue weighted by molar-refractivity contribution is -0.0498. The van der Waals surface area contributed by atoms with E-state index in [2.05, 4.69) is 33.8 Å². The maximum Gasteiger partial charge on any atom is 0.387 e. The third kappa shape index (κ3) is 9.46. The van der Waals surface area contributed by atoms with Crippen LogP contribution >= 0.6 is 24.0 Å². The van der Waals surface area contributed by atoms with Gasteiger partial charge in [-0.2, -0.15) is 8.78 Å². The molecule has 0 amide bonds. The van der Waals surface area contributed by atoms with Gasteiger partial charge in [-0.15, -0.1) is 24.0 Å². The van der Waals surface area contributed by atoms with Gasteiger partial charge in [0, 0.05) is 40.3 Å². The number of ether oxygens (including phenoxy) is 1. The number of nitrogens with one attached hydrogen (secondary N) is 1. The Kier molecular flexibility index (Phi) is 11.8.